The molecule has 1 aliphatic carbocycles. The Morgan fingerprint density at radius 1 is 1.35 bits per heavy atom. The van der Waals surface area contributed by atoms with Crippen molar-refractivity contribution >= 4 is 29.1 Å². The van der Waals surface area contributed by atoms with Gasteiger partial charge in [-0.1, -0.05) is 29.3 Å². The molecule has 1 amide bonds. The van der Waals surface area contributed by atoms with E-state index in [-0.39, 0.29) is 11.9 Å². The highest BCUT2D eigenvalue weighted by atomic mass is 35.5. The van der Waals surface area contributed by atoms with Crippen LogP contribution in [0.2, 0.25) is 10.0 Å². The Labute approximate surface area is 111 Å². The van der Waals surface area contributed by atoms with Crippen molar-refractivity contribution in [3.05, 3.63) is 33.8 Å². The lowest BCUT2D eigenvalue weighted by atomic mass is 9.94. The average molecular weight is 272 g/mol. The summed E-state index contributed by atoms with van der Waals surface area (Å²) in [6, 6.07) is 5.48. The highest BCUT2D eigenvalue weighted by Gasteiger charge is 2.52. The lowest BCUT2D eigenvalue weighted by molar-refractivity contribution is -0.124. The van der Waals surface area contributed by atoms with E-state index in [2.05, 4.69) is 5.32 Å². The zero-order valence-electron chi connectivity index (χ0n) is 9.89. The van der Waals surface area contributed by atoms with Gasteiger partial charge in [-0.25, -0.2) is 0 Å². The molecule has 1 aromatic rings. The Bertz CT molecular complexity index is 453. The van der Waals surface area contributed by atoms with Gasteiger partial charge in [0.05, 0.1) is 5.41 Å². The summed E-state index contributed by atoms with van der Waals surface area (Å²) in [5, 5.41) is 4.13. The minimum Gasteiger partial charge on any atom is -0.353 e. The van der Waals surface area contributed by atoms with E-state index in [9.17, 15) is 4.79 Å². The van der Waals surface area contributed by atoms with E-state index in [4.69, 9.17) is 23.2 Å². The van der Waals surface area contributed by atoms with E-state index in [1.807, 2.05) is 19.9 Å². The van der Waals surface area contributed by atoms with Crippen LogP contribution in [0.25, 0.3) is 0 Å². The summed E-state index contributed by atoms with van der Waals surface area (Å²) in [4.78, 5) is 12.2. The summed E-state index contributed by atoms with van der Waals surface area (Å²) in [5.74, 6) is 0.0664. The molecule has 0 saturated heterocycles. The van der Waals surface area contributed by atoms with E-state index in [1.165, 1.54) is 0 Å². The maximum absolute atomic E-state index is 12.2. The minimum atomic E-state index is -0.425. The van der Waals surface area contributed by atoms with Crippen LogP contribution in [0.5, 0.6) is 0 Å². The predicted octanol–water partition coefficient (Wildman–Crippen LogP) is 3.55. The van der Waals surface area contributed by atoms with Gasteiger partial charge in [-0.15, -0.1) is 0 Å². The van der Waals surface area contributed by atoms with Crippen LogP contribution in [-0.4, -0.2) is 11.9 Å². The lowest BCUT2D eigenvalue weighted by Gasteiger charge is -2.19. The van der Waals surface area contributed by atoms with E-state index >= 15 is 0 Å². The monoisotopic (exact) mass is 271 g/mol. The first-order valence-electron chi connectivity index (χ1n) is 5.72. The minimum absolute atomic E-state index is 0.0664. The van der Waals surface area contributed by atoms with Crippen LogP contribution in [0.1, 0.15) is 32.3 Å². The van der Waals surface area contributed by atoms with Gasteiger partial charge < -0.3 is 5.32 Å². The SMILES string of the molecule is CC(C)NC(=O)C1(c2ccc(Cl)cc2Cl)CC1. The summed E-state index contributed by atoms with van der Waals surface area (Å²) in [6.45, 7) is 3.91. The summed E-state index contributed by atoms with van der Waals surface area (Å²) >= 11 is 12.0. The summed E-state index contributed by atoms with van der Waals surface area (Å²) < 4.78 is 0. The second kappa shape index (κ2) is 4.51. The number of carbonyl (C=O) groups is 1. The normalized spacial score (nSPS) is 17.0. The van der Waals surface area contributed by atoms with Crippen LogP contribution in [0.4, 0.5) is 0 Å². The van der Waals surface area contributed by atoms with E-state index in [1.54, 1.807) is 12.1 Å². The number of benzene rings is 1. The van der Waals surface area contributed by atoms with Crippen molar-refractivity contribution < 1.29 is 4.79 Å². The highest BCUT2D eigenvalue weighted by molar-refractivity contribution is 6.35. The smallest absolute Gasteiger partial charge is 0.230 e. The Kier molecular flexibility index (Phi) is 3.37. The van der Waals surface area contributed by atoms with Gasteiger partial charge in [0.25, 0.3) is 0 Å². The maximum atomic E-state index is 12.2. The molecule has 0 spiro atoms. The zero-order valence-corrected chi connectivity index (χ0v) is 11.4. The number of nitrogens with one attached hydrogen (secondary N) is 1. The molecule has 0 heterocycles. The fraction of sp³-hybridized carbons (Fsp3) is 0.462. The first-order chi connectivity index (χ1) is 7.95. The molecule has 0 atom stereocenters. The molecule has 2 nitrogen and oxygen atoms in total. The van der Waals surface area contributed by atoms with Crippen molar-refractivity contribution in [2.24, 2.45) is 0 Å². The third kappa shape index (κ3) is 2.43. The molecule has 1 N–H and O–H groups in total. The largest absolute Gasteiger partial charge is 0.353 e. The molecular weight excluding hydrogens is 257 g/mol. The summed E-state index contributed by atoms with van der Waals surface area (Å²) in [5.41, 5.74) is 0.466. The van der Waals surface area contributed by atoms with Crippen LogP contribution >= 0.6 is 23.2 Å². The van der Waals surface area contributed by atoms with Crippen LogP contribution in [0.3, 0.4) is 0 Å². The lowest BCUT2D eigenvalue weighted by Crippen LogP contribution is -2.38. The maximum Gasteiger partial charge on any atom is 0.230 e. The van der Waals surface area contributed by atoms with E-state index in [0.29, 0.717) is 10.0 Å². The van der Waals surface area contributed by atoms with Gasteiger partial charge in [0.2, 0.25) is 5.91 Å². The Morgan fingerprint density at radius 3 is 2.47 bits per heavy atom. The molecule has 2 rings (SSSR count). The molecule has 0 aromatic heterocycles. The number of halogens is 2. The number of amides is 1. The van der Waals surface area contributed by atoms with Crippen LogP contribution < -0.4 is 5.32 Å². The average Bonchev–Trinajstić information content (AvgIpc) is 2.97. The van der Waals surface area contributed by atoms with Gasteiger partial charge in [-0.2, -0.15) is 0 Å². The van der Waals surface area contributed by atoms with E-state index < -0.39 is 5.41 Å². The molecule has 1 fully saturated rings. The molecule has 1 aliphatic rings. The predicted molar refractivity (Wildman–Crippen MR) is 70.7 cm³/mol. The number of hydrogen-bond acceptors (Lipinski definition) is 1. The molecule has 4 heteroatoms. The van der Waals surface area contributed by atoms with Gasteiger partial charge in [0, 0.05) is 16.1 Å². The second-order valence-corrected chi connectivity index (χ2v) is 5.68. The topological polar surface area (TPSA) is 29.1 Å². The fourth-order valence-corrected chi connectivity index (χ4v) is 2.61. The van der Waals surface area contributed by atoms with E-state index in [0.717, 1.165) is 18.4 Å². The second-order valence-electron chi connectivity index (χ2n) is 4.83. The van der Waals surface area contributed by atoms with Gasteiger partial charge in [-0.05, 0) is 44.4 Å². The molecule has 0 unspecified atom stereocenters. The van der Waals surface area contributed by atoms with Crippen molar-refractivity contribution in [1.29, 1.82) is 0 Å². The third-order valence-electron chi connectivity index (χ3n) is 3.05. The Morgan fingerprint density at radius 2 is 2.00 bits per heavy atom. The van der Waals surface area contributed by atoms with Crippen molar-refractivity contribution in [2.75, 3.05) is 0 Å². The number of rotatable bonds is 3. The summed E-state index contributed by atoms with van der Waals surface area (Å²) in [6.07, 6.45) is 1.71. The molecule has 0 aliphatic heterocycles. The number of hydrogen-bond donors (Lipinski definition) is 1. The van der Waals surface area contributed by atoms with Crippen LogP contribution in [-0.2, 0) is 10.2 Å². The van der Waals surface area contributed by atoms with Gasteiger partial charge >= 0.3 is 0 Å². The van der Waals surface area contributed by atoms with Crippen LogP contribution in [0, 0.1) is 0 Å². The fourth-order valence-electron chi connectivity index (χ4n) is 2.02. The first-order valence-corrected chi connectivity index (χ1v) is 6.48. The quantitative estimate of drug-likeness (QED) is 0.895. The third-order valence-corrected chi connectivity index (χ3v) is 3.60. The Hall–Kier alpha value is -0.730. The molecule has 1 aromatic carbocycles. The van der Waals surface area contributed by atoms with Crippen molar-refractivity contribution in [3.63, 3.8) is 0 Å². The number of carbonyl (C=O) groups excluding carboxylic acids is 1. The van der Waals surface area contributed by atoms with Crippen LogP contribution in [0.15, 0.2) is 18.2 Å². The molecule has 17 heavy (non-hydrogen) atoms. The van der Waals surface area contributed by atoms with Crippen molar-refractivity contribution in [1.82, 2.24) is 5.32 Å². The van der Waals surface area contributed by atoms with Crippen molar-refractivity contribution in [3.8, 4) is 0 Å². The first kappa shape index (κ1) is 12.7. The Balaban J connectivity index is 2.29. The molecular formula is C13H15Cl2NO. The molecule has 0 radical (unpaired) electrons. The summed E-state index contributed by atoms with van der Waals surface area (Å²) in [7, 11) is 0. The van der Waals surface area contributed by atoms with Gasteiger partial charge in [0.1, 0.15) is 0 Å². The van der Waals surface area contributed by atoms with Crippen molar-refractivity contribution in [2.45, 2.75) is 38.1 Å². The standard InChI is InChI=1S/C13H15Cl2NO/c1-8(2)16-12(17)13(5-6-13)10-4-3-9(14)7-11(10)15/h3-4,7-8H,5-6H2,1-2H3,(H,16,17). The van der Waals surface area contributed by atoms with Gasteiger partial charge in [-0.3, -0.25) is 4.79 Å². The molecule has 92 valence electrons. The zero-order chi connectivity index (χ0) is 12.6. The molecule has 0 bridgehead atoms. The highest BCUT2D eigenvalue weighted by Crippen LogP contribution is 2.51. The molecule has 1 saturated carbocycles. The van der Waals surface area contributed by atoms with Gasteiger partial charge in [0.15, 0.2) is 0 Å².